The largest absolute Gasteiger partial charge is 0.256 e. The minimum atomic E-state index is 0.313. The van der Waals surface area contributed by atoms with Gasteiger partial charge in [0.05, 0.1) is 5.52 Å². The summed E-state index contributed by atoms with van der Waals surface area (Å²) in [6, 6.07) is 64.1. The zero-order chi connectivity index (χ0) is 39.8. The third-order valence-electron chi connectivity index (χ3n) is 11.7. The Bertz CT molecular complexity index is 3080. The predicted octanol–water partition coefficient (Wildman–Crippen LogP) is 13.7. The van der Waals surface area contributed by atoms with Crippen LogP contribution in [-0.2, 0) is 0 Å². The average Bonchev–Trinajstić information content (AvgIpc) is 3.34. The number of allylic oxidation sites excluding steroid dienone is 5. The maximum Gasteiger partial charge on any atom is 0.164 e. The molecule has 9 aromatic rings. The fourth-order valence-corrected chi connectivity index (χ4v) is 8.73. The third-order valence-corrected chi connectivity index (χ3v) is 11.7. The predicted molar refractivity (Wildman–Crippen MR) is 246 cm³/mol. The van der Waals surface area contributed by atoms with Crippen LogP contribution in [0.4, 0.5) is 0 Å². The number of rotatable bonds is 7. The molecule has 0 fully saturated rings. The van der Waals surface area contributed by atoms with Crippen molar-refractivity contribution in [3.05, 3.63) is 235 Å². The summed E-state index contributed by atoms with van der Waals surface area (Å²) in [7, 11) is 0. The Labute approximate surface area is 349 Å². The molecule has 60 heavy (non-hydrogen) atoms. The van der Waals surface area contributed by atoms with E-state index in [1.165, 1.54) is 22.3 Å². The molecule has 2 heterocycles. The van der Waals surface area contributed by atoms with Crippen LogP contribution in [0.2, 0.25) is 0 Å². The topological polar surface area (TPSA) is 51.6 Å². The fraction of sp³-hybridized carbons (Fsp3) is 0.0357. The second kappa shape index (κ2) is 15.2. The molecule has 2 aliphatic rings. The lowest BCUT2D eigenvalue weighted by atomic mass is 9.73. The molecular formula is C56H38N4. The summed E-state index contributed by atoms with van der Waals surface area (Å²) in [4.78, 5) is 20.0. The van der Waals surface area contributed by atoms with E-state index in [-0.39, 0.29) is 0 Å². The molecule has 0 amide bonds. The summed E-state index contributed by atoms with van der Waals surface area (Å²) in [5.41, 5.74) is 15.5. The Kier molecular flexibility index (Phi) is 8.94. The normalized spacial score (nSPS) is 15.3. The number of hydrogen-bond donors (Lipinski definition) is 0. The number of nitrogens with zero attached hydrogens (tertiary/aromatic N) is 4. The number of para-hydroxylation sites is 1. The van der Waals surface area contributed by atoms with E-state index in [1.54, 1.807) is 0 Å². The van der Waals surface area contributed by atoms with Gasteiger partial charge in [0.25, 0.3) is 0 Å². The summed E-state index contributed by atoms with van der Waals surface area (Å²) in [5.74, 6) is 2.55. The van der Waals surface area contributed by atoms with E-state index >= 15 is 0 Å². The molecule has 0 saturated carbocycles. The molecule has 0 bridgehead atoms. The summed E-state index contributed by atoms with van der Waals surface area (Å²) in [6.07, 6.45) is 13.3. The smallest absolute Gasteiger partial charge is 0.164 e. The van der Waals surface area contributed by atoms with Gasteiger partial charge in [-0.05, 0) is 80.4 Å². The van der Waals surface area contributed by atoms with Crippen LogP contribution in [0.5, 0.6) is 0 Å². The van der Waals surface area contributed by atoms with E-state index < -0.39 is 0 Å². The van der Waals surface area contributed by atoms with Crippen LogP contribution in [-0.4, -0.2) is 19.9 Å². The molecule has 0 saturated heterocycles. The number of hydrogen-bond acceptors (Lipinski definition) is 4. The fourth-order valence-electron chi connectivity index (χ4n) is 8.73. The first-order chi connectivity index (χ1) is 29.7. The van der Waals surface area contributed by atoms with Crippen LogP contribution in [0, 0.1) is 5.92 Å². The van der Waals surface area contributed by atoms with Gasteiger partial charge in [-0.3, -0.25) is 4.98 Å². The maximum atomic E-state index is 5.16. The molecule has 4 nitrogen and oxygen atoms in total. The first-order valence-electron chi connectivity index (χ1n) is 20.5. The Balaban J connectivity index is 1.07. The average molecular weight is 767 g/mol. The number of benzene rings is 7. The highest BCUT2D eigenvalue weighted by molar-refractivity contribution is 5.94. The highest BCUT2D eigenvalue weighted by atomic mass is 15.0. The zero-order valence-corrected chi connectivity index (χ0v) is 32.7. The Hall–Kier alpha value is -7.82. The maximum absolute atomic E-state index is 5.16. The molecule has 2 atom stereocenters. The minimum absolute atomic E-state index is 0.313. The van der Waals surface area contributed by atoms with Gasteiger partial charge in [-0.2, -0.15) is 0 Å². The minimum Gasteiger partial charge on any atom is -0.256 e. The van der Waals surface area contributed by atoms with Crippen molar-refractivity contribution in [1.82, 2.24) is 19.9 Å². The molecule has 0 N–H and O–H groups in total. The number of aromatic nitrogens is 4. The van der Waals surface area contributed by atoms with Crippen molar-refractivity contribution >= 4 is 16.5 Å². The van der Waals surface area contributed by atoms with Crippen molar-refractivity contribution in [2.24, 2.45) is 5.92 Å². The van der Waals surface area contributed by atoms with Gasteiger partial charge in [-0.1, -0.05) is 182 Å². The summed E-state index contributed by atoms with van der Waals surface area (Å²) in [6.45, 7) is 0. The highest BCUT2D eigenvalue weighted by Gasteiger charge is 2.28. The molecule has 0 spiro atoms. The van der Waals surface area contributed by atoms with Crippen molar-refractivity contribution < 1.29 is 0 Å². The number of pyridine rings is 1. The lowest BCUT2D eigenvalue weighted by Gasteiger charge is -2.31. The molecule has 7 aromatic carbocycles. The monoisotopic (exact) mass is 766 g/mol. The summed E-state index contributed by atoms with van der Waals surface area (Å²) in [5, 5.41) is 1.13. The van der Waals surface area contributed by atoms with Crippen LogP contribution in [0.1, 0.15) is 22.6 Å². The van der Waals surface area contributed by atoms with Gasteiger partial charge in [-0.25, -0.2) is 15.0 Å². The van der Waals surface area contributed by atoms with Crippen molar-refractivity contribution in [3.8, 4) is 67.5 Å². The summed E-state index contributed by atoms with van der Waals surface area (Å²) >= 11 is 0. The van der Waals surface area contributed by atoms with Crippen LogP contribution < -0.4 is 0 Å². The highest BCUT2D eigenvalue weighted by Crippen LogP contribution is 2.44. The van der Waals surface area contributed by atoms with E-state index in [1.807, 2.05) is 72.9 Å². The molecule has 0 radical (unpaired) electrons. The van der Waals surface area contributed by atoms with Crippen molar-refractivity contribution in [2.45, 2.75) is 5.92 Å². The van der Waals surface area contributed by atoms with E-state index in [2.05, 4.69) is 146 Å². The first kappa shape index (κ1) is 35.4. The van der Waals surface area contributed by atoms with Gasteiger partial charge in [0, 0.05) is 45.7 Å². The lowest BCUT2D eigenvalue weighted by Crippen LogP contribution is -2.16. The van der Waals surface area contributed by atoms with Gasteiger partial charge < -0.3 is 0 Å². The van der Waals surface area contributed by atoms with E-state index in [0.717, 1.165) is 61.0 Å². The first-order valence-corrected chi connectivity index (χ1v) is 20.5. The quantitative estimate of drug-likeness (QED) is 0.162. The van der Waals surface area contributed by atoms with Crippen molar-refractivity contribution in [3.63, 3.8) is 0 Å². The van der Waals surface area contributed by atoms with Gasteiger partial charge >= 0.3 is 0 Å². The van der Waals surface area contributed by atoms with E-state index in [9.17, 15) is 0 Å². The molecule has 2 aliphatic carbocycles. The molecule has 4 heteroatoms. The number of fused-ring (bicyclic) bond motifs is 4. The van der Waals surface area contributed by atoms with Crippen LogP contribution in [0.3, 0.4) is 0 Å². The van der Waals surface area contributed by atoms with Crippen LogP contribution in [0.25, 0.3) is 84.0 Å². The standard InChI is InChI=1S/C56H38N4/c1-3-14-40(15-4-1)54-58-55(41-16-5-2-6-17-41)60-56(59-54)47-34-45(37-27-29-38(30-28-37)49-26-12-19-39-22-13-31-57-53(39)49)33-46(35-47)42-20-11-21-43(32-42)52-36-44-18-7-8-23-48(44)50-24-9-10-25-51(50)52/h1-36,44,48H. The Morgan fingerprint density at radius 2 is 0.917 bits per heavy atom. The second-order valence-electron chi connectivity index (χ2n) is 15.4. The second-order valence-corrected chi connectivity index (χ2v) is 15.4. The lowest BCUT2D eigenvalue weighted by molar-refractivity contribution is 0.689. The van der Waals surface area contributed by atoms with Crippen molar-refractivity contribution in [2.75, 3.05) is 0 Å². The van der Waals surface area contributed by atoms with Crippen LogP contribution >= 0.6 is 0 Å². The molecule has 2 aromatic heterocycles. The third kappa shape index (κ3) is 6.64. The Morgan fingerprint density at radius 1 is 0.367 bits per heavy atom. The van der Waals surface area contributed by atoms with Crippen LogP contribution in [0.15, 0.2) is 219 Å². The van der Waals surface area contributed by atoms with E-state index in [4.69, 9.17) is 19.9 Å². The SMILES string of the molecule is C1=CC2C=C(c3cccc(-c4cc(-c5ccc(-c6cccc7cccnc67)cc5)cc(-c5nc(-c6ccccc6)nc(-c6ccccc6)n5)c4)c3)c3ccccc3C2C=C1. The van der Waals surface area contributed by atoms with Gasteiger partial charge in [0.1, 0.15) is 0 Å². The zero-order valence-electron chi connectivity index (χ0n) is 32.7. The van der Waals surface area contributed by atoms with Gasteiger partial charge in [0.15, 0.2) is 17.5 Å². The molecule has 2 unspecified atom stereocenters. The Morgan fingerprint density at radius 3 is 1.68 bits per heavy atom. The molecule has 282 valence electrons. The summed E-state index contributed by atoms with van der Waals surface area (Å²) < 4.78 is 0. The van der Waals surface area contributed by atoms with Crippen molar-refractivity contribution in [1.29, 1.82) is 0 Å². The molecule has 0 aliphatic heterocycles. The molecule has 11 rings (SSSR count). The molecular weight excluding hydrogens is 729 g/mol. The van der Waals surface area contributed by atoms with Gasteiger partial charge in [0.2, 0.25) is 0 Å². The van der Waals surface area contributed by atoms with E-state index in [0.29, 0.717) is 29.3 Å². The van der Waals surface area contributed by atoms with Gasteiger partial charge in [-0.15, -0.1) is 0 Å².